The van der Waals surface area contributed by atoms with Crippen LogP contribution in [-0.4, -0.2) is 36.6 Å². The molecule has 1 aromatic rings. The summed E-state index contributed by atoms with van der Waals surface area (Å²) in [7, 11) is 1.55. The Morgan fingerprint density at radius 1 is 1.18 bits per heavy atom. The van der Waals surface area contributed by atoms with Crippen molar-refractivity contribution in [3.05, 3.63) is 41.7 Å². The fourth-order valence-electron chi connectivity index (χ4n) is 7.64. The molecular formula is C28H42FNO3. The maximum atomic E-state index is 14.5. The second-order valence-corrected chi connectivity index (χ2v) is 11.4. The maximum Gasteiger partial charge on any atom is 0.131 e. The molecule has 0 aliphatic heterocycles. The normalized spacial score (nSPS) is 38.8. The number of allylic oxidation sites excluding steroid dienone is 1. The summed E-state index contributed by atoms with van der Waals surface area (Å²) in [4.78, 5) is 0. The first-order valence-electron chi connectivity index (χ1n) is 12.7. The third-order valence-electron chi connectivity index (χ3n) is 9.92. The summed E-state index contributed by atoms with van der Waals surface area (Å²) in [6, 6.07) is 5.05. The highest BCUT2D eigenvalue weighted by Gasteiger charge is 2.56. The summed E-state index contributed by atoms with van der Waals surface area (Å²) in [6.07, 6.45) is 6.70. The number of hydrogen-bond donors (Lipinski definition) is 3. The van der Waals surface area contributed by atoms with Gasteiger partial charge in [-0.05, 0) is 92.1 Å². The average Bonchev–Trinajstić information content (AvgIpc) is 3.11. The van der Waals surface area contributed by atoms with Gasteiger partial charge in [0.05, 0.1) is 13.2 Å². The number of ether oxygens (including phenoxy) is 1. The number of methoxy groups -OCH3 is 1. The van der Waals surface area contributed by atoms with Gasteiger partial charge in [-0.3, -0.25) is 0 Å². The molecule has 5 heteroatoms. The van der Waals surface area contributed by atoms with Gasteiger partial charge >= 0.3 is 0 Å². The van der Waals surface area contributed by atoms with Gasteiger partial charge in [-0.15, -0.1) is 0 Å². The van der Waals surface area contributed by atoms with E-state index in [0.717, 1.165) is 45.1 Å². The van der Waals surface area contributed by atoms with Crippen LogP contribution in [0.25, 0.3) is 0 Å². The van der Waals surface area contributed by atoms with Crippen LogP contribution in [0.4, 0.5) is 4.39 Å². The molecule has 1 aromatic carbocycles. The van der Waals surface area contributed by atoms with E-state index < -0.39 is 0 Å². The fraction of sp³-hybridized carbons (Fsp3) is 0.714. The predicted octanol–water partition coefficient (Wildman–Crippen LogP) is 5.08. The molecule has 184 valence electrons. The standard InChI is InChI=1S/C28H42FNO3/c1-18-5-8-24-23(16-30-15-19-6-7-22(33-4)14-26(19)29)25(10-12-27(18,24)2)28(3)11-9-21(32)13-20(28)17-31/h6-7,14,20-21,23-25,30-32H,1,5,8-13,15-17H2,2-4H3/t20-,21+,23+,24+,25+,27-,28+/m1/s1. The van der Waals surface area contributed by atoms with E-state index in [4.69, 9.17) is 4.74 Å². The molecule has 0 amide bonds. The molecule has 0 spiro atoms. The van der Waals surface area contributed by atoms with Crippen LogP contribution in [0.1, 0.15) is 64.4 Å². The molecule has 0 unspecified atom stereocenters. The van der Waals surface area contributed by atoms with Gasteiger partial charge in [-0.2, -0.15) is 0 Å². The van der Waals surface area contributed by atoms with E-state index in [-0.39, 0.29) is 35.3 Å². The van der Waals surface area contributed by atoms with E-state index in [1.54, 1.807) is 13.2 Å². The average molecular weight is 460 g/mol. The van der Waals surface area contributed by atoms with Crippen LogP contribution >= 0.6 is 0 Å². The molecule has 0 saturated heterocycles. The Kier molecular flexibility index (Phi) is 7.24. The quantitative estimate of drug-likeness (QED) is 0.498. The zero-order valence-electron chi connectivity index (χ0n) is 20.6. The molecule has 0 aromatic heterocycles. The van der Waals surface area contributed by atoms with Gasteiger partial charge in [-0.25, -0.2) is 4.39 Å². The predicted molar refractivity (Wildman–Crippen MR) is 129 cm³/mol. The van der Waals surface area contributed by atoms with Gasteiger partial charge in [0.2, 0.25) is 0 Å². The summed E-state index contributed by atoms with van der Waals surface area (Å²) >= 11 is 0. The summed E-state index contributed by atoms with van der Waals surface area (Å²) in [5.41, 5.74) is 2.23. The fourth-order valence-corrected chi connectivity index (χ4v) is 7.64. The SMILES string of the molecule is C=C1CC[C@H]2[C@H](CNCc3ccc(OC)cc3F)[C@@H]([C@@]3(C)CC[C@H](O)C[C@@H]3CO)CC[C@]12C. The molecule has 3 aliphatic rings. The Labute approximate surface area is 198 Å². The van der Waals surface area contributed by atoms with Gasteiger partial charge in [0.15, 0.2) is 0 Å². The molecule has 7 atom stereocenters. The number of nitrogens with one attached hydrogen (secondary N) is 1. The molecule has 3 saturated carbocycles. The van der Waals surface area contributed by atoms with Crippen LogP contribution in [0.5, 0.6) is 5.75 Å². The van der Waals surface area contributed by atoms with E-state index in [1.165, 1.54) is 11.6 Å². The zero-order valence-corrected chi connectivity index (χ0v) is 20.6. The number of hydrogen-bond acceptors (Lipinski definition) is 4. The van der Waals surface area contributed by atoms with Crippen molar-refractivity contribution in [2.45, 2.75) is 71.4 Å². The number of halogens is 1. The van der Waals surface area contributed by atoms with E-state index in [1.807, 2.05) is 6.07 Å². The minimum Gasteiger partial charge on any atom is -0.497 e. The van der Waals surface area contributed by atoms with Crippen molar-refractivity contribution in [1.29, 1.82) is 0 Å². The highest BCUT2D eigenvalue weighted by molar-refractivity contribution is 5.29. The van der Waals surface area contributed by atoms with Crippen LogP contribution in [-0.2, 0) is 6.54 Å². The van der Waals surface area contributed by atoms with E-state index in [2.05, 4.69) is 25.7 Å². The summed E-state index contributed by atoms with van der Waals surface area (Å²) in [5.74, 6) is 1.89. The first-order chi connectivity index (χ1) is 15.7. The summed E-state index contributed by atoms with van der Waals surface area (Å²) in [5, 5.41) is 24.1. The molecule has 33 heavy (non-hydrogen) atoms. The molecule has 0 heterocycles. The lowest BCUT2D eigenvalue weighted by Gasteiger charge is -2.56. The van der Waals surface area contributed by atoms with Crippen LogP contribution in [0, 0.1) is 40.3 Å². The lowest BCUT2D eigenvalue weighted by Crippen LogP contribution is -2.53. The third-order valence-corrected chi connectivity index (χ3v) is 9.92. The first-order valence-corrected chi connectivity index (χ1v) is 12.7. The molecule has 0 radical (unpaired) electrons. The van der Waals surface area contributed by atoms with E-state index >= 15 is 0 Å². The smallest absolute Gasteiger partial charge is 0.131 e. The molecule has 4 rings (SSSR count). The van der Waals surface area contributed by atoms with Crippen molar-refractivity contribution in [2.75, 3.05) is 20.3 Å². The van der Waals surface area contributed by atoms with E-state index in [9.17, 15) is 14.6 Å². The van der Waals surface area contributed by atoms with Crippen molar-refractivity contribution in [3.8, 4) is 5.75 Å². The van der Waals surface area contributed by atoms with Gasteiger partial charge in [0.25, 0.3) is 0 Å². The maximum absolute atomic E-state index is 14.5. The van der Waals surface area contributed by atoms with Crippen LogP contribution in [0.3, 0.4) is 0 Å². The highest BCUT2D eigenvalue weighted by atomic mass is 19.1. The lowest BCUT2D eigenvalue weighted by atomic mass is 9.49. The minimum atomic E-state index is -0.301. The Bertz CT molecular complexity index is 860. The zero-order chi connectivity index (χ0) is 23.8. The van der Waals surface area contributed by atoms with Crippen molar-refractivity contribution in [2.24, 2.45) is 34.5 Å². The first kappa shape index (κ1) is 24.7. The van der Waals surface area contributed by atoms with Crippen molar-refractivity contribution < 1.29 is 19.3 Å². The van der Waals surface area contributed by atoms with Gasteiger partial charge < -0.3 is 20.3 Å². The van der Waals surface area contributed by atoms with Crippen LogP contribution < -0.4 is 10.1 Å². The van der Waals surface area contributed by atoms with Crippen molar-refractivity contribution in [3.63, 3.8) is 0 Å². The lowest BCUT2D eigenvalue weighted by molar-refractivity contribution is -0.0933. The Balaban J connectivity index is 1.55. The second kappa shape index (κ2) is 9.67. The Hall–Kier alpha value is -1.43. The van der Waals surface area contributed by atoms with Crippen LogP contribution in [0.15, 0.2) is 30.4 Å². The number of aliphatic hydroxyl groups excluding tert-OH is 2. The molecule has 3 N–H and O–H groups in total. The molecule has 4 nitrogen and oxygen atoms in total. The summed E-state index contributed by atoms with van der Waals surface area (Å²) < 4.78 is 19.6. The van der Waals surface area contributed by atoms with Crippen LogP contribution in [0.2, 0.25) is 0 Å². The van der Waals surface area contributed by atoms with Gasteiger partial charge in [0, 0.05) is 24.8 Å². The molecule has 0 bridgehead atoms. The molecular weight excluding hydrogens is 417 g/mol. The van der Waals surface area contributed by atoms with Gasteiger partial charge in [0.1, 0.15) is 11.6 Å². The third kappa shape index (κ3) is 4.49. The Morgan fingerprint density at radius 3 is 2.67 bits per heavy atom. The highest BCUT2D eigenvalue weighted by Crippen LogP contribution is 2.63. The molecule has 3 fully saturated rings. The van der Waals surface area contributed by atoms with Gasteiger partial charge in [-0.1, -0.05) is 32.1 Å². The molecule has 3 aliphatic carbocycles. The monoisotopic (exact) mass is 459 g/mol. The minimum absolute atomic E-state index is 0.0109. The van der Waals surface area contributed by atoms with E-state index in [0.29, 0.717) is 42.0 Å². The second-order valence-electron chi connectivity index (χ2n) is 11.4. The van der Waals surface area contributed by atoms with Crippen molar-refractivity contribution in [1.82, 2.24) is 5.32 Å². The number of fused-ring (bicyclic) bond motifs is 1. The van der Waals surface area contributed by atoms with Crippen molar-refractivity contribution >= 4 is 0 Å². The summed E-state index contributed by atoms with van der Waals surface area (Å²) in [6.45, 7) is 10.7. The Morgan fingerprint density at radius 2 is 1.97 bits per heavy atom. The number of benzene rings is 1. The topological polar surface area (TPSA) is 61.7 Å². The number of aliphatic hydroxyl groups is 2. The largest absolute Gasteiger partial charge is 0.497 e. The number of rotatable bonds is 7.